The van der Waals surface area contributed by atoms with Gasteiger partial charge in [-0.05, 0) is 18.2 Å². The van der Waals surface area contributed by atoms with Crippen LogP contribution in [0.3, 0.4) is 0 Å². The van der Waals surface area contributed by atoms with Crippen molar-refractivity contribution in [2.45, 2.75) is 6.42 Å². The lowest BCUT2D eigenvalue weighted by Gasteiger charge is -2.05. The van der Waals surface area contributed by atoms with Gasteiger partial charge in [0.1, 0.15) is 5.82 Å². The molecule has 0 aliphatic rings. The maximum absolute atomic E-state index is 13.2. The molecule has 16 heavy (non-hydrogen) atoms. The zero-order valence-corrected chi connectivity index (χ0v) is 9.88. The van der Waals surface area contributed by atoms with Crippen molar-refractivity contribution < 1.29 is 14.0 Å². The number of hydrogen-bond donors (Lipinski definition) is 2. The number of nitrogens with one attached hydrogen (secondary N) is 1. The summed E-state index contributed by atoms with van der Waals surface area (Å²) in [5, 5.41) is 2.40. The number of carbonyl (C=O) groups excluding carboxylic acids is 2. The van der Waals surface area contributed by atoms with E-state index in [-0.39, 0.29) is 18.5 Å². The maximum atomic E-state index is 13.2. The highest BCUT2D eigenvalue weighted by Crippen LogP contribution is 2.15. The Hall–Kier alpha value is -1.43. The van der Waals surface area contributed by atoms with Gasteiger partial charge in [-0.2, -0.15) is 0 Å². The SMILES string of the molecule is NC(=O)CCNC(=O)c1cc(Br)ccc1F. The number of nitrogens with two attached hydrogens (primary N) is 1. The minimum absolute atomic E-state index is 0.0291. The first-order valence-electron chi connectivity index (χ1n) is 4.52. The van der Waals surface area contributed by atoms with Gasteiger partial charge in [0.05, 0.1) is 5.56 Å². The summed E-state index contributed by atoms with van der Waals surface area (Å²) in [6.07, 6.45) is 0.0291. The van der Waals surface area contributed by atoms with Gasteiger partial charge in [-0.25, -0.2) is 4.39 Å². The number of rotatable bonds is 4. The Morgan fingerprint density at radius 1 is 1.44 bits per heavy atom. The van der Waals surface area contributed by atoms with E-state index in [1.54, 1.807) is 0 Å². The molecule has 1 aromatic carbocycles. The average Bonchev–Trinajstić information content (AvgIpc) is 2.21. The molecule has 0 heterocycles. The van der Waals surface area contributed by atoms with Gasteiger partial charge >= 0.3 is 0 Å². The first kappa shape index (κ1) is 12.6. The zero-order chi connectivity index (χ0) is 12.1. The number of halogens is 2. The first-order chi connectivity index (χ1) is 7.50. The molecule has 0 aromatic heterocycles. The van der Waals surface area contributed by atoms with Gasteiger partial charge in [-0.1, -0.05) is 15.9 Å². The van der Waals surface area contributed by atoms with Crippen LogP contribution in [0, 0.1) is 5.82 Å². The van der Waals surface area contributed by atoms with Crippen LogP contribution in [0.1, 0.15) is 16.8 Å². The number of amides is 2. The summed E-state index contributed by atoms with van der Waals surface area (Å²) in [6, 6.07) is 4.05. The molecule has 0 unspecified atom stereocenters. The number of hydrogen-bond acceptors (Lipinski definition) is 2. The molecule has 86 valence electrons. The Balaban J connectivity index is 2.65. The number of primary amides is 1. The fourth-order valence-corrected chi connectivity index (χ4v) is 1.43. The van der Waals surface area contributed by atoms with Crippen LogP contribution in [0.25, 0.3) is 0 Å². The third-order valence-electron chi connectivity index (χ3n) is 1.83. The lowest BCUT2D eigenvalue weighted by molar-refractivity contribution is -0.117. The molecule has 2 amide bonds. The Kier molecular flexibility index (Phi) is 4.42. The molecule has 0 fully saturated rings. The molecule has 0 aliphatic carbocycles. The smallest absolute Gasteiger partial charge is 0.254 e. The predicted octanol–water partition coefficient (Wildman–Crippen LogP) is 1.19. The zero-order valence-electron chi connectivity index (χ0n) is 8.30. The maximum Gasteiger partial charge on any atom is 0.254 e. The van der Waals surface area contributed by atoms with E-state index in [2.05, 4.69) is 21.2 Å². The van der Waals surface area contributed by atoms with E-state index < -0.39 is 17.6 Å². The Morgan fingerprint density at radius 3 is 2.75 bits per heavy atom. The van der Waals surface area contributed by atoms with Gasteiger partial charge in [0.15, 0.2) is 0 Å². The van der Waals surface area contributed by atoms with Crippen molar-refractivity contribution >= 4 is 27.7 Å². The highest BCUT2D eigenvalue weighted by Gasteiger charge is 2.11. The minimum Gasteiger partial charge on any atom is -0.370 e. The summed E-state index contributed by atoms with van der Waals surface area (Å²) in [4.78, 5) is 21.9. The number of benzene rings is 1. The molecule has 0 aliphatic heterocycles. The Morgan fingerprint density at radius 2 is 2.12 bits per heavy atom. The molecule has 0 atom stereocenters. The van der Waals surface area contributed by atoms with Crippen molar-refractivity contribution in [2.75, 3.05) is 6.54 Å². The molecular weight excluding hydrogens is 279 g/mol. The summed E-state index contributed by atoms with van der Waals surface area (Å²) in [5.41, 5.74) is 4.83. The Bertz CT molecular complexity index is 423. The van der Waals surface area contributed by atoms with Crippen molar-refractivity contribution in [1.29, 1.82) is 0 Å². The Labute approximate surface area is 100 Å². The van der Waals surface area contributed by atoms with Crippen molar-refractivity contribution in [3.05, 3.63) is 34.1 Å². The predicted molar refractivity (Wildman–Crippen MR) is 60.2 cm³/mol. The lowest BCUT2D eigenvalue weighted by atomic mass is 10.2. The molecule has 0 saturated carbocycles. The van der Waals surface area contributed by atoms with Crippen molar-refractivity contribution in [2.24, 2.45) is 5.73 Å². The molecule has 6 heteroatoms. The molecule has 0 saturated heterocycles. The molecular formula is C10H10BrFN2O2. The van der Waals surface area contributed by atoms with E-state index in [1.165, 1.54) is 18.2 Å². The summed E-state index contributed by atoms with van der Waals surface area (Å²) in [6.45, 7) is 0.0973. The normalized spacial score (nSPS) is 9.88. The molecule has 0 radical (unpaired) electrons. The van der Waals surface area contributed by atoms with E-state index in [1.807, 2.05) is 0 Å². The van der Waals surface area contributed by atoms with Crippen LogP contribution < -0.4 is 11.1 Å². The van der Waals surface area contributed by atoms with Crippen LogP contribution in [0.15, 0.2) is 22.7 Å². The van der Waals surface area contributed by atoms with Gasteiger partial charge in [-0.15, -0.1) is 0 Å². The number of carbonyl (C=O) groups is 2. The largest absolute Gasteiger partial charge is 0.370 e. The highest BCUT2D eigenvalue weighted by molar-refractivity contribution is 9.10. The molecule has 0 spiro atoms. The standard InChI is InChI=1S/C10H10BrFN2O2/c11-6-1-2-8(12)7(5-6)10(16)14-4-3-9(13)15/h1-2,5H,3-4H2,(H2,13,15)(H,14,16). The second-order valence-electron chi connectivity index (χ2n) is 3.10. The summed E-state index contributed by atoms with van der Waals surface area (Å²) in [5.74, 6) is -1.70. The molecule has 1 aromatic rings. The van der Waals surface area contributed by atoms with Gasteiger partial charge < -0.3 is 11.1 Å². The third kappa shape index (κ3) is 3.62. The summed E-state index contributed by atoms with van der Waals surface area (Å²) < 4.78 is 13.8. The molecule has 3 N–H and O–H groups in total. The summed E-state index contributed by atoms with van der Waals surface area (Å²) in [7, 11) is 0. The van der Waals surface area contributed by atoms with E-state index in [0.29, 0.717) is 4.47 Å². The van der Waals surface area contributed by atoms with Crippen LogP contribution in [0.5, 0.6) is 0 Å². The van der Waals surface area contributed by atoms with Crippen molar-refractivity contribution in [3.63, 3.8) is 0 Å². The van der Waals surface area contributed by atoms with Crippen LogP contribution >= 0.6 is 15.9 Å². The van der Waals surface area contributed by atoms with Crippen LogP contribution in [0.2, 0.25) is 0 Å². The second-order valence-corrected chi connectivity index (χ2v) is 4.01. The topological polar surface area (TPSA) is 72.2 Å². The van der Waals surface area contributed by atoms with Gasteiger partial charge in [0.2, 0.25) is 5.91 Å². The van der Waals surface area contributed by atoms with Crippen molar-refractivity contribution in [3.8, 4) is 0 Å². The quantitative estimate of drug-likeness (QED) is 0.874. The van der Waals surface area contributed by atoms with Crippen LogP contribution in [-0.4, -0.2) is 18.4 Å². The second kappa shape index (κ2) is 5.60. The third-order valence-corrected chi connectivity index (χ3v) is 2.32. The van der Waals surface area contributed by atoms with Crippen LogP contribution in [0.4, 0.5) is 4.39 Å². The fourth-order valence-electron chi connectivity index (χ4n) is 1.07. The minimum atomic E-state index is -0.611. The highest BCUT2D eigenvalue weighted by atomic mass is 79.9. The van der Waals surface area contributed by atoms with Gasteiger partial charge in [0, 0.05) is 17.4 Å². The van der Waals surface area contributed by atoms with E-state index in [9.17, 15) is 14.0 Å². The average molecular weight is 289 g/mol. The van der Waals surface area contributed by atoms with E-state index in [4.69, 9.17) is 5.73 Å². The fraction of sp³-hybridized carbons (Fsp3) is 0.200. The van der Waals surface area contributed by atoms with Crippen molar-refractivity contribution in [1.82, 2.24) is 5.32 Å². The monoisotopic (exact) mass is 288 g/mol. The summed E-state index contributed by atoms with van der Waals surface area (Å²) >= 11 is 3.14. The lowest BCUT2D eigenvalue weighted by Crippen LogP contribution is -2.28. The van der Waals surface area contributed by atoms with Gasteiger partial charge in [-0.3, -0.25) is 9.59 Å². The van der Waals surface area contributed by atoms with E-state index in [0.717, 1.165) is 0 Å². The molecule has 1 rings (SSSR count). The first-order valence-corrected chi connectivity index (χ1v) is 5.31. The van der Waals surface area contributed by atoms with Crippen LogP contribution in [-0.2, 0) is 4.79 Å². The van der Waals surface area contributed by atoms with E-state index >= 15 is 0 Å². The molecule has 4 nitrogen and oxygen atoms in total. The van der Waals surface area contributed by atoms with Gasteiger partial charge in [0.25, 0.3) is 5.91 Å². The molecule has 0 bridgehead atoms.